The number of hydrogen-bond acceptors (Lipinski definition) is 5. The summed E-state index contributed by atoms with van der Waals surface area (Å²) in [7, 11) is 1.86. The van der Waals surface area contributed by atoms with Crippen molar-refractivity contribution in [3.05, 3.63) is 23.5 Å². The summed E-state index contributed by atoms with van der Waals surface area (Å²) in [6, 6.07) is 0.125. The fourth-order valence-electron chi connectivity index (χ4n) is 2.93. The number of thiazole rings is 1. The van der Waals surface area contributed by atoms with Crippen LogP contribution < -0.4 is 5.73 Å². The summed E-state index contributed by atoms with van der Waals surface area (Å²) in [6.07, 6.45) is 5.67. The van der Waals surface area contributed by atoms with Crippen LogP contribution in [0.15, 0.2) is 17.8 Å². The third-order valence-corrected chi connectivity index (χ3v) is 5.08. The van der Waals surface area contributed by atoms with Gasteiger partial charge in [0.2, 0.25) is 0 Å². The number of nitrogens with zero attached hydrogens (tertiary/aromatic N) is 4. The minimum atomic E-state index is -0.00580. The maximum absolute atomic E-state index is 12.7. The molecule has 0 bridgehead atoms. The average molecular weight is 319 g/mol. The van der Waals surface area contributed by atoms with Crippen molar-refractivity contribution < 1.29 is 4.79 Å². The highest BCUT2D eigenvalue weighted by Crippen LogP contribution is 2.27. The fourth-order valence-corrected chi connectivity index (χ4v) is 3.70. The van der Waals surface area contributed by atoms with Crippen LogP contribution in [0.5, 0.6) is 0 Å². The second-order valence-corrected chi connectivity index (χ2v) is 6.82. The molecule has 0 aromatic carbocycles. The molecule has 0 saturated carbocycles. The van der Waals surface area contributed by atoms with Crippen LogP contribution in [0.1, 0.15) is 30.3 Å². The number of hydrogen-bond donors (Lipinski definition) is 1. The molecule has 118 valence electrons. The molecule has 7 heteroatoms. The van der Waals surface area contributed by atoms with Crippen molar-refractivity contribution in [3.8, 4) is 10.6 Å². The normalized spacial score (nSPS) is 22.0. The van der Waals surface area contributed by atoms with E-state index in [1.807, 2.05) is 23.5 Å². The zero-order chi connectivity index (χ0) is 15.7. The molecule has 2 N–H and O–H groups in total. The Morgan fingerprint density at radius 1 is 1.55 bits per heavy atom. The molecule has 22 heavy (non-hydrogen) atoms. The van der Waals surface area contributed by atoms with E-state index in [9.17, 15) is 4.79 Å². The summed E-state index contributed by atoms with van der Waals surface area (Å²) in [5.74, 6) is 0.618. The maximum Gasteiger partial charge on any atom is 0.273 e. The van der Waals surface area contributed by atoms with Crippen molar-refractivity contribution in [1.82, 2.24) is 19.7 Å². The Hall–Kier alpha value is -1.73. The molecule has 2 aromatic rings. The molecule has 3 heterocycles. The summed E-state index contributed by atoms with van der Waals surface area (Å²) in [5, 5.41) is 6.80. The molecule has 2 aromatic heterocycles. The van der Waals surface area contributed by atoms with E-state index in [1.165, 1.54) is 11.3 Å². The predicted octanol–water partition coefficient (Wildman–Crippen LogP) is 1.74. The largest absolute Gasteiger partial charge is 0.333 e. The van der Waals surface area contributed by atoms with Gasteiger partial charge in [0.15, 0.2) is 0 Å². The molecule has 1 amide bonds. The quantitative estimate of drug-likeness (QED) is 0.935. The molecule has 0 radical (unpaired) electrons. The lowest BCUT2D eigenvalue weighted by atomic mass is 9.92. The Morgan fingerprint density at radius 3 is 3.05 bits per heavy atom. The molecular formula is C15H21N5OS. The van der Waals surface area contributed by atoms with Gasteiger partial charge in [0.25, 0.3) is 5.91 Å². The third kappa shape index (κ3) is 2.91. The van der Waals surface area contributed by atoms with Crippen LogP contribution >= 0.6 is 11.3 Å². The van der Waals surface area contributed by atoms with Crippen molar-refractivity contribution >= 4 is 17.2 Å². The van der Waals surface area contributed by atoms with Crippen molar-refractivity contribution in [2.45, 2.75) is 25.8 Å². The molecule has 0 aliphatic carbocycles. The van der Waals surface area contributed by atoms with Gasteiger partial charge in [-0.2, -0.15) is 5.10 Å². The van der Waals surface area contributed by atoms with Crippen molar-refractivity contribution in [2.24, 2.45) is 18.7 Å². The Bertz CT molecular complexity index is 664. The zero-order valence-corrected chi connectivity index (χ0v) is 13.7. The topological polar surface area (TPSA) is 77.0 Å². The van der Waals surface area contributed by atoms with Crippen LogP contribution in [-0.2, 0) is 7.05 Å². The smallest absolute Gasteiger partial charge is 0.273 e. The fraction of sp³-hybridized carbons (Fsp3) is 0.533. The zero-order valence-electron chi connectivity index (χ0n) is 12.9. The summed E-state index contributed by atoms with van der Waals surface area (Å²) < 4.78 is 1.73. The van der Waals surface area contributed by atoms with Crippen LogP contribution in [0.4, 0.5) is 0 Å². The van der Waals surface area contributed by atoms with E-state index in [0.29, 0.717) is 18.2 Å². The number of likely N-dealkylation sites (tertiary alicyclic amines) is 1. The monoisotopic (exact) mass is 319 g/mol. The summed E-state index contributed by atoms with van der Waals surface area (Å²) in [6.45, 7) is 3.49. The van der Waals surface area contributed by atoms with Crippen molar-refractivity contribution in [3.63, 3.8) is 0 Å². The number of amides is 1. The molecule has 2 unspecified atom stereocenters. The minimum Gasteiger partial charge on any atom is -0.333 e. The number of piperidine rings is 1. The lowest BCUT2D eigenvalue weighted by Gasteiger charge is -2.37. The Morgan fingerprint density at radius 2 is 2.36 bits per heavy atom. The van der Waals surface area contributed by atoms with Gasteiger partial charge >= 0.3 is 0 Å². The highest BCUT2D eigenvalue weighted by Gasteiger charge is 2.30. The Kier molecular flexibility index (Phi) is 4.26. The van der Waals surface area contributed by atoms with Gasteiger partial charge in [-0.25, -0.2) is 4.98 Å². The molecule has 1 aliphatic rings. The lowest BCUT2D eigenvalue weighted by molar-refractivity contribution is 0.0568. The molecule has 0 spiro atoms. The molecule has 1 saturated heterocycles. The van der Waals surface area contributed by atoms with Gasteiger partial charge in [-0.05, 0) is 18.8 Å². The number of nitrogens with two attached hydrogens (primary N) is 1. The van der Waals surface area contributed by atoms with E-state index in [2.05, 4.69) is 17.0 Å². The molecule has 3 rings (SSSR count). The van der Waals surface area contributed by atoms with Gasteiger partial charge in [0.1, 0.15) is 10.7 Å². The molecule has 1 aliphatic heterocycles. The molecular weight excluding hydrogens is 298 g/mol. The first-order valence-electron chi connectivity index (χ1n) is 7.54. The van der Waals surface area contributed by atoms with Crippen LogP contribution in [0.25, 0.3) is 10.6 Å². The second kappa shape index (κ2) is 6.18. The van der Waals surface area contributed by atoms with E-state index < -0.39 is 0 Å². The highest BCUT2D eigenvalue weighted by molar-refractivity contribution is 7.13. The summed E-state index contributed by atoms with van der Waals surface area (Å²) >= 11 is 1.47. The minimum absolute atomic E-state index is 0.00580. The van der Waals surface area contributed by atoms with E-state index in [0.717, 1.165) is 30.0 Å². The molecule has 6 nitrogen and oxygen atoms in total. The Balaban J connectivity index is 1.79. The van der Waals surface area contributed by atoms with E-state index in [1.54, 1.807) is 10.9 Å². The van der Waals surface area contributed by atoms with Gasteiger partial charge in [-0.1, -0.05) is 6.92 Å². The number of aromatic nitrogens is 3. The second-order valence-electron chi connectivity index (χ2n) is 5.96. The first-order valence-corrected chi connectivity index (χ1v) is 8.42. The standard InChI is InChI=1S/C15H21N5OS/c1-10-3-4-20(12(5-10)6-16)15(21)13-9-22-14(18-13)11-7-17-19(2)8-11/h7-10,12H,3-6,16H2,1-2H3. The number of carbonyl (C=O) groups excluding carboxylic acids is 1. The number of rotatable bonds is 3. The lowest BCUT2D eigenvalue weighted by Crippen LogP contribution is -2.49. The first kappa shape index (κ1) is 15.2. The summed E-state index contributed by atoms with van der Waals surface area (Å²) in [4.78, 5) is 19.1. The van der Waals surface area contributed by atoms with E-state index in [4.69, 9.17) is 5.73 Å². The van der Waals surface area contributed by atoms with E-state index in [-0.39, 0.29) is 11.9 Å². The van der Waals surface area contributed by atoms with E-state index >= 15 is 0 Å². The molecule has 2 atom stereocenters. The van der Waals surface area contributed by atoms with Crippen molar-refractivity contribution in [1.29, 1.82) is 0 Å². The number of aryl methyl sites for hydroxylation is 1. The van der Waals surface area contributed by atoms with Crippen LogP contribution in [0.2, 0.25) is 0 Å². The van der Waals surface area contributed by atoms with Crippen LogP contribution in [0.3, 0.4) is 0 Å². The maximum atomic E-state index is 12.7. The van der Waals surface area contributed by atoms with Crippen molar-refractivity contribution in [2.75, 3.05) is 13.1 Å². The average Bonchev–Trinajstić information content (AvgIpc) is 3.15. The van der Waals surface area contributed by atoms with Gasteiger partial charge in [0, 0.05) is 43.3 Å². The SMILES string of the molecule is CC1CCN(C(=O)c2csc(-c3cnn(C)c3)n2)C(CN)C1. The molecule has 1 fully saturated rings. The Labute approximate surface area is 133 Å². The van der Waals surface area contributed by atoms with Crippen LogP contribution in [0, 0.1) is 5.92 Å². The van der Waals surface area contributed by atoms with Gasteiger partial charge in [-0.3, -0.25) is 9.48 Å². The summed E-state index contributed by atoms with van der Waals surface area (Å²) in [5.41, 5.74) is 7.30. The van der Waals surface area contributed by atoms with Gasteiger partial charge in [-0.15, -0.1) is 11.3 Å². The van der Waals surface area contributed by atoms with Crippen LogP contribution in [-0.4, -0.2) is 44.7 Å². The number of carbonyl (C=O) groups is 1. The van der Waals surface area contributed by atoms with Gasteiger partial charge in [0.05, 0.1) is 6.20 Å². The first-order chi connectivity index (χ1) is 10.6. The highest BCUT2D eigenvalue weighted by atomic mass is 32.1. The predicted molar refractivity (Wildman–Crippen MR) is 86.6 cm³/mol. The third-order valence-electron chi connectivity index (χ3n) is 4.19. The van der Waals surface area contributed by atoms with Gasteiger partial charge < -0.3 is 10.6 Å².